The molecule has 4 rings (SSSR count). The van der Waals surface area contributed by atoms with Crippen LogP contribution in [0.2, 0.25) is 0 Å². The number of Topliss-reactive ketones (excluding diaryl/α,β-unsaturated/α-hetero) is 1. The van der Waals surface area contributed by atoms with E-state index in [9.17, 15) is 14.4 Å². The third-order valence-electron chi connectivity index (χ3n) is 6.40. The highest BCUT2D eigenvalue weighted by molar-refractivity contribution is 5.91. The molecule has 37 heavy (non-hydrogen) atoms. The molecule has 2 heterocycles. The summed E-state index contributed by atoms with van der Waals surface area (Å²) >= 11 is 0. The molecule has 0 fully saturated rings. The lowest BCUT2D eigenvalue weighted by molar-refractivity contribution is -0.125. The van der Waals surface area contributed by atoms with E-state index >= 15 is 0 Å². The van der Waals surface area contributed by atoms with Gasteiger partial charge in [0.25, 0.3) is 0 Å². The number of carbonyl (C=O) groups is 3. The monoisotopic (exact) mass is 500 g/mol. The van der Waals surface area contributed by atoms with Crippen LogP contribution in [-0.2, 0) is 20.8 Å². The molecule has 0 spiro atoms. The number of rotatable bonds is 14. The van der Waals surface area contributed by atoms with Gasteiger partial charge in [0.15, 0.2) is 5.82 Å². The van der Waals surface area contributed by atoms with E-state index in [1.807, 2.05) is 30.3 Å². The highest BCUT2D eigenvalue weighted by Crippen LogP contribution is 2.30. The fourth-order valence-electron chi connectivity index (χ4n) is 4.57. The number of hydrogen-bond acceptors (Lipinski definition) is 5. The second-order valence-electron chi connectivity index (χ2n) is 9.09. The Hall–Kier alpha value is -4.27. The van der Waals surface area contributed by atoms with Gasteiger partial charge in [0.2, 0.25) is 12.3 Å². The molecular weight excluding hydrogens is 468 g/mol. The van der Waals surface area contributed by atoms with Crippen LogP contribution in [0.4, 0.5) is 5.82 Å². The van der Waals surface area contributed by atoms with Gasteiger partial charge in [-0.15, -0.1) is 5.10 Å². The molecule has 0 bridgehead atoms. The lowest BCUT2D eigenvalue weighted by atomic mass is 10.0. The van der Waals surface area contributed by atoms with E-state index < -0.39 is 6.04 Å². The van der Waals surface area contributed by atoms with Crippen LogP contribution in [0.1, 0.15) is 50.6 Å². The highest BCUT2D eigenvalue weighted by atomic mass is 16.2. The maximum Gasteiger partial charge on any atom is 0.244 e. The predicted molar refractivity (Wildman–Crippen MR) is 143 cm³/mol. The number of anilines is 1. The van der Waals surface area contributed by atoms with E-state index in [1.165, 1.54) is 4.68 Å². The van der Waals surface area contributed by atoms with Crippen molar-refractivity contribution in [1.29, 1.82) is 0 Å². The number of fused-ring (bicyclic) bond motifs is 1. The Morgan fingerprint density at radius 1 is 1.05 bits per heavy atom. The van der Waals surface area contributed by atoms with Crippen LogP contribution in [0.15, 0.2) is 60.8 Å². The fourth-order valence-corrected chi connectivity index (χ4v) is 4.57. The maximum atomic E-state index is 13.3. The van der Waals surface area contributed by atoms with Crippen molar-refractivity contribution in [2.45, 2.75) is 51.5 Å². The molecule has 2 amide bonds. The largest absolute Gasteiger partial charge is 0.354 e. The molecule has 3 N–H and O–H groups in total. The molecule has 2 aromatic carbocycles. The van der Waals surface area contributed by atoms with Crippen molar-refractivity contribution in [3.8, 4) is 11.3 Å². The Morgan fingerprint density at radius 3 is 2.62 bits per heavy atom. The second-order valence-corrected chi connectivity index (χ2v) is 9.09. The van der Waals surface area contributed by atoms with Crippen molar-refractivity contribution >= 4 is 34.8 Å². The van der Waals surface area contributed by atoms with Crippen LogP contribution < -0.4 is 10.6 Å². The third kappa shape index (κ3) is 6.69. The first kappa shape index (κ1) is 25.8. The molecule has 1 atom stereocenters. The number of nitrogens with zero attached hydrogens (tertiary/aromatic N) is 3. The Kier molecular flexibility index (Phi) is 8.80. The third-order valence-corrected chi connectivity index (χ3v) is 6.40. The minimum atomic E-state index is -0.566. The molecule has 0 aliphatic rings. The number of benzene rings is 2. The van der Waals surface area contributed by atoms with Gasteiger partial charge in [0.05, 0.1) is 6.20 Å². The quantitative estimate of drug-likeness (QED) is 0.175. The zero-order chi connectivity index (χ0) is 26.0. The first-order valence-corrected chi connectivity index (χ1v) is 12.6. The van der Waals surface area contributed by atoms with Crippen molar-refractivity contribution in [1.82, 2.24) is 25.3 Å². The predicted octanol–water partition coefficient (Wildman–Crippen LogP) is 4.43. The Bertz CT molecular complexity index is 1340. The first-order valence-electron chi connectivity index (χ1n) is 12.6. The Balaban J connectivity index is 1.46. The summed E-state index contributed by atoms with van der Waals surface area (Å²) in [5, 5.41) is 14.7. The number of aromatic amines is 1. The van der Waals surface area contributed by atoms with Crippen LogP contribution in [-0.4, -0.2) is 44.6 Å². The number of ketones is 1. The average molecular weight is 501 g/mol. The highest BCUT2D eigenvalue weighted by Gasteiger charge is 2.22. The summed E-state index contributed by atoms with van der Waals surface area (Å²) in [5.74, 6) is 0.299. The van der Waals surface area contributed by atoms with Crippen molar-refractivity contribution < 1.29 is 14.4 Å². The van der Waals surface area contributed by atoms with Crippen molar-refractivity contribution in [3.63, 3.8) is 0 Å². The smallest absolute Gasteiger partial charge is 0.244 e. The molecule has 4 aromatic rings. The van der Waals surface area contributed by atoms with E-state index in [1.54, 1.807) is 13.1 Å². The van der Waals surface area contributed by atoms with Gasteiger partial charge in [-0.1, -0.05) is 66.6 Å². The molecule has 0 saturated heterocycles. The van der Waals surface area contributed by atoms with Gasteiger partial charge in [0.1, 0.15) is 11.8 Å². The number of unbranched alkanes of at least 4 members (excludes halogenated alkanes) is 2. The lowest BCUT2D eigenvalue weighted by Crippen LogP contribution is -2.34. The zero-order valence-corrected chi connectivity index (χ0v) is 20.9. The van der Waals surface area contributed by atoms with Crippen LogP contribution in [0.25, 0.3) is 22.2 Å². The average Bonchev–Trinajstić information content (AvgIpc) is 3.51. The van der Waals surface area contributed by atoms with Gasteiger partial charge in [0, 0.05) is 29.6 Å². The van der Waals surface area contributed by atoms with E-state index in [2.05, 4.69) is 50.2 Å². The molecule has 2 aromatic heterocycles. The molecule has 0 aliphatic heterocycles. The van der Waals surface area contributed by atoms with Crippen LogP contribution >= 0.6 is 0 Å². The fraction of sp³-hybridized carbons (Fsp3) is 0.321. The molecule has 9 heteroatoms. The van der Waals surface area contributed by atoms with Gasteiger partial charge < -0.3 is 20.4 Å². The molecule has 0 radical (unpaired) electrons. The zero-order valence-electron chi connectivity index (χ0n) is 20.9. The minimum Gasteiger partial charge on any atom is -0.354 e. The van der Waals surface area contributed by atoms with Crippen molar-refractivity contribution in [3.05, 3.63) is 66.4 Å². The number of amides is 2. The van der Waals surface area contributed by atoms with Crippen LogP contribution in [0.3, 0.4) is 0 Å². The molecule has 0 aliphatic carbocycles. The summed E-state index contributed by atoms with van der Waals surface area (Å²) in [6.45, 7) is 2.04. The summed E-state index contributed by atoms with van der Waals surface area (Å²) in [6, 6.07) is 17.8. The summed E-state index contributed by atoms with van der Waals surface area (Å²) in [5.41, 5.74) is 4.37. The first-order chi connectivity index (χ1) is 18.1. The van der Waals surface area contributed by atoms with E-state index in [0.29, 0.717) is 32.2 Å². The number of carbonyl (C=O) groups excluding carboxylic acids is 3. The maximum absolute atomic E-state index is 13.3. The van der Waals surface area contributed by atoms with Gasteiger partial charge in [-0.05, 0) is 43.4 Å². The second kappa shape index (κ2) is 12.6. The van der Waals surface area contributed by atoms with Crippen LogP contribution in [0.5, 0.6) is 0 Å². The van der Waals surface area contributed by atoms with E-state index in [0.717, 1.165) is 47.0 Å². The summed E-state index contributed by atoms with van der Waals surface area (Å²) in [6.07, 6.45) is 6.23. The minimum absolute atomic E-state index is 0.157. The van der Waals surface area contributed by atoms with Gasteiger partial charge in [-0.25, -0.2) is 4.68 Å². The van der Waals surface area contributed by atoms with Crippen LogP contribution in [0, 0.1) is 0 Å². The summed E-state index contributed by atoms with van der Waals surface area (Å²) < 4.78 is 1.49. The molecule has 0 unspecified atom stereocenters. The lowest BCUT2D eigenvalue weighted by Gasteiger charge is -2.17. The summed E-state index contributed by atoms with van der Waals surface area (Å²) in [7, 11) is 0. The summed E-state index contributed by atoms with van der Waals surface area (Å²) in [4.78, 5) is 38.8. The number of H-pyrrole nitrogens is 1. The van der Waals surface area contributed by atoms with Crippen molar-refractivity contribution in [2.24, 2.45) is 0 Å². The number of para-hydroxylation sites is 1. The number of hydrogen-bond donors (Lipinski definition) is 3. The van der Waals surface area contributed by atoms with E-state index in [-0.39, 0.29) is 17.5 Å². The molecule has 192 valence electrons. The van der Waals surface area contributed by atoms with Gasteiger partial charge >= 0.3 is 0 Å². The molecular formula is C28H32N6O3. The topological polar surface area (TPSA) is 122 Å². The Labute approximate surface area is 215 Å². The Morgan fingerprint density at radius 2 is 1.84 bits per heavy atom. The van der Waals surface area contributed by atoms with Gasteiger partial charge in [-0.2, -0.15) is 0 Å². The normalized spacial score (nSPS) is 11.8. The SMILES string of the molecule is CC(=O)CCCCC[C@@H](C(=O)NCCc1c(-c2ccccc2)[nH]c2ccccc12)n1cc(NC=O)nn1. The number of aromatic nitrogens is 4. The van der Waals surface area contributed by atoms with Gasteiger partial charge in [-0.3, -0.25) is 9.59 Å². The molecule has 9 nitrogen and oxygen atoms in total. The standard InChI is InChI=1S/C28H32N6O3/c1-20(36)10-4-2-7-15-25(34-18-26(30-19-35)32-33-34)28(37)29-17-16-23-22-13-8-9-14-24(22)31-27(23)21-11-5-3-6-12-21/h3,5-6,8-9,11-14,18-19,25,31H,2,4,7,10,15-17H2,1H3,(H,29,37)(H,30,35)/t25-/m0/s1. The van der Waals surface area contributed by atoms with E-state index in [4.69, 9.17) is 0 Å². The van der Waals surface area contributed by atoms with Crippen molar-refractivity contribution in [2.75, 3.05) is 11.9 Å². The number of nitrogens with one attached hydrogen (secondary N) is 3. The molecule has 0 saturated carbocycles.